The molecule has 0 aromatic heterocycles. The van der Waals surface area contributed by atoms with E-state index in [1.165, 1.54) is 11.1 Å². The van der Waals surface area contributed by atoms with Crippen molar-refractivity contribution in [2.45, 2.75) is 6.92 Å². The summed E-state index contributed by atoms with van der Waals surface area (Å²) in [4.78, 5) is 0. The van der Waals surface area contributed by atoms with Crippen LogP contribution < -0.4 is 0 Å². The third kappa shape index (κ3) is 1.33. The summed E-state index contributed by atoms with van der Waals surface area (Å²) >= 11 is 0. The smallest absolute Gasteiger partial charge is 0.0121 e. The molecule has 2 aliphatic carbocycles. The largest absolute Gasteiger partial charge is 0.102 e. The third-order valence-electron chi connectivity index (χ3n) is 2.81. The normalized spacial score (nSPS) is 30.5. The van der Waals surface area contributed by atoms with Gasteiger partial charge in [0.1, 0.15) is 0 Å². The number of allylic oxidation sites excluding steroid dienone is 9. The van der Waals surface area contributed by atoms with E-state index in [4.69, 9.17) is 0 Å². The SMILES string of the molecule is C=CC1C(C)=CC=C2C=CC=CC21. The van der Waals surface area contributed by atoms with Crippen molar-refractivity contribution in [1.82, 2.24) is 0 Å². The Morgan fingerprint density at radius 3 is 2.92 bits per heavy atom. The van der Waals surface area contributed by atoms with Crippen molar-refractivity contribution in [2.24, 2.45) is 11.8 Å². The van der Waals surface area contributed by atoms with E-state index in [0.29, 0.717) is 11.8 Å². The maximum atomic E-state index is 3.90. The Labute approximate surface area is 79.7 Å². The standard InChI is InChI=1S/C13H14/c1-3-12-10(2)8-9-11-6-4-5-7-13(11)12/h3-9,12-13H,1H2,2H3. The highest BCUT2D eigenvalue weighted by molar-refractivity contribution is 5.43. The van der Waals surface area contributed by atoms with Crippen LogP contribution in [0.2, 0.25) is 0 Å². The summed E-state index contributed by atoms with van der Waals surface area (Å²) < 4.78 is 0. The first kappa shape index (κ1) is 8.31. The topological polar surface area (TPSA) is 0 Å². The zero-order chi connectivity index (χ0) is 9.26. The van der Waals surface area contributed by atoms with Gasteiger partial charge in [-0.3, -0.25) is 0 Å². The lowest BCUT2D eigenvalue weighted by molar-refractivity contribution is 0.607. The molecular formula is C13H14. The molecule has 0 radical (unpaired) electrons. The van der Waals surface area contributed by atoms with Gasteiger partial charge in [-0.25, -0.2) is 0 Å². The summed E-state index contributed by atoms with van der Waals surface area (Å²) in [5.41, 5.74) is 2.81. The molecule has 0 saturated carbocycles. The predicted molar refractivity (Wildman–Crippen MR) is 57.3 cm³/mol. The van der Waals surface area contributed by atoms with E-state index in [0.717, 1.165) is 0 Å². The molecule has 0 amide bonds. The van der Waals surface area contributed by atoms with E-state index < -0.39 is 0 Å². The Bertz CT molecular complexity index is 337. The minimum atomic E-state index is 0.487. The molecule has 2 atom stereocenters. The predicted octanol–water partition coefficient (Wildman–Crippen LogP) is 3.42. The van der Waals surface area contributed by atoms with E-state index in [9.17, 15) is 0 Å². The summed E-state index contributed by atoms with van der Waals surface area (Å²) in [5.74, 6) is 1.01. The van der Waals surface area contributed by atoms with Crippen LogP contribution in [0.4, 0.5) is 0 Å². The van der Waals surface area contributed by atoms with Gasteiger partial charge < -0.3 is 0 Å². The van der Waals surface area contributed by atoms with E-state index in [1.54, 1.807) is 0 Å². The Morgan fingerprint density at radius 2 is 2.15 bits per heavy atom. The van der Waals surface area contributed by atoms with Gasteiger partial charge in [-0.15, -0.1) is 6.58 Å². The van der Waals surface area contributed by atoms with Gasteiger partial charge >= 0.3 is 0 Å². The highest BCUT2D eigenvalue weighted by Gasteiger charge is 2.23. The summed E-state index contributed by atoms with van der Waals surface area (Å²) in [6.07, 6.45) is 15.1. The van der Waals surface area contributed by atoms with Gasteiger partial charge in [0.05, 0.1) is 0 Å². The molecule has 13 heavy (non-hydrogen) atoms. The van der Waals surface area contributed by atoms with Crippen molar-refractivity contribution in [3.8, 4) is 0 Å². The third-order valence-corrected chi connectivity index (χ3v) is 2.81. The molecule has 0 nitrogen and oxygen atoms in total. The lowest BCUT2D eigenvalue weighted by Gasteiger charge is -2.28. The van der Waals surface area contributed by atoms with Gasteiger partial charge in [0.15, 0.2) is 0 Å². The molecule has 0 bridgehead atoms. The number of rotatable bonds is 1. The molecule has 0 aromatic carbocycles. The van der Waals surface area contributed by atoms with Gasteiger partial charge in [0, 0.05) is 11.8 Å². The summed E-state index contributed by atoms with van der Waals surface area (Å²) in [6.45, 7) is 6.07. The maximum absolute atomic E-state index is 3.90. The summed E-state index contributed by atoms with van der Waals surface area (Å²) in [5, 5.41) is 0. The van der Waals surface area contributed by atoms with Crippen molar-refractivity contribution >= 4 is 0 Å². The Kier molecular flexibility index (Phi) is 2.05. The second-order valence-corrected chi connectivity index (χ2v) is 3.61. The van der Waals surface area contributed by atoms with Crippen LogP contribution in [0.25, 0.3) is 0 Å². The molecule has 0 N–H and O–H groups in total. The molecule has 2 unspecified atom stereocenters. The van der Waals surface area contributed by atoms with Gasteiger partial charge in [0.25, 0.3) is 0 Å². The second kappa shape index (κ2) is 3.21. The minimum Gasteiger partial charge on any atom is -0.102 e. The first-order valence-electron chi connectivity index (χ1n) is 4.68. The zero-order valence-electron chi connectivity index (χ0n) is 7.90. The van der Waals surface area contributed by atoms with E-state index in [2.05, 4.69) is 50.0 Å². The maximum Gasteiger partial charge on any atom is 0.0121 e. The lowest BCUT2D eigenvalue weighted by Crippen LogP contribution is -2.17. The molecule has 0 saturated heterocycles. The van der Waals surface area contributed by atoms with Crippen molar-refractivity contribution in [3.63, 3.8) is 0 Å². The fraction of sp³-hybridized carbons (Fsp3) is 0.231. The number of hydrogen-bond acceptors (Lipinski definition) is 0. The number of hydrogen-bond donors (Lipinski definition) is 0. The summed E-state index contributed by atoms with van der Waals surface area (Å²) in [7, 11) is 0. The minimum absolute atomic E-state index is 0.487. The second-order valence-electron chi connectivity index (χ2n) is 3.61. The van der Waals surface area contributed by atoms with Gasteiger partial charge in [-0.2, -0.15) is 0 Å². The van der Waals surface area contributed by atoms with Gasteiger partial charge in [0.2, 0.25) is 0 Å². The first-order chi connectivity index (χ1) is 6.33. The molecule has 0 fully saturated rings. The van der Waals surface area contributed by atoms with Gasteiger partial charge in [-0.1, -0.05) is 48.1 Å². The molecule has 2 rings (SSSR count). The zero-order valence-corrected chi connectivity index (χ0v) is 7.90. The van der Waals surface area contributed by atoms with Crippen molar-refractivity contribution in [1.29, 1.82) is 0 Å². The monoisotopic (exact) mass is 170 g/mol. The number of fused-ring (bicyclic) bond motifs is 1. The van der Waals surface area contributed by atoms with E-state index in [1.807, 2.05) is 6.08 Å². The Morgan fingerprint density at radius 1 is 1.31 bits per heavy atom. The molecule has 0 aliphatic heterocycles. The molecule has 0 aromatic rings. The van der Waals surface area contributed by atoms with Crippen LogP contribution in [0, 0.1) is 11.8 Å². The van der Waals surface area contributed by atoms with E-state index >= 15 is 0 Å². The first-order valence-corrected chi connectivity index (χ1v) is 4.68. The summed E-state index contributed by atoms with van der Waals surface area (Å²) in [6, 6.07) is 0. The quantitative estimate of drug-likeness (QED) is 0.529. The Balaban J connectivity index is 2.40. The molecule has 0 heteroatoms. The molecule has 2 aliphatic rings. The fourth-order valence-electron chi connectivity index (χ4n) is 2.02. The van der Waals surface area contributed by atoms with Crippen molar-refractivity contribution < 1.29 is 0 Å². The molecule has 0 heterocycles. The highest BCUT2D eigenvalue weighted by atomic mass is 14.3. The van der Waals surface area contributed by atoms with Crippen LogP contribution in [0.5, 0.6) is 0 Å². The van der Waals surface area contributed by atoms with Crippen LogP contribution in [-0.2, 0) is 0 Å². The fourth-order valence-corrected chi connectivity index (χ4v) is 2.02. The van der Waals surface area contributed by atoms with Crippen LogP contribution in [0.1, 0.15) is 6.92 Å². The molecule has 66 valence electrons. The van der Waals surface area contributed by atoms with Crippen LogP contribution >= 0.6 is 0 Å². The average Bonchev–Trinajstić information content (AvgIpc) is 2.18. The average molecular weight is 170 g/mol. The molecule has 0 spiro atoms. The Hall–Kier alpha value is -1.30. The van der Waals surface area contributed by atoms with Crippen LogP contribution in [0.15, 0.2) is 60.3 Å². The van der Waals surface area contributed by atoms with E-state index in [-0.39, 0.29) is 0 Å². The highest BCUT2D eigenvalue weighted by Crippen LogP contribution is 2.35. The molecular weight excluding hydrogens is 156 g/mol. The van der Waals surface area contributed by atoms with Crippen molar-refractivity contribution in [3.05, 3.63) is 60.3 Å². The lowest BCUT2D eigenvalue weighted by atomic mass is 9.76. The van der Waals surface area contributed by atoms with Gasteiger partial charge in [-0.05, 0) is 12.5 Å². The van der Waals surface area contributed by atoms with Crippen LogP contribution in [-0.4, -0.2) is 0 Å². The van der Waals surface area contributed by atoms with Crippen molar-refractivity contribution in [2.75, 3.05) is 0 Å². The van der Waals surface area contributed by atoms with Crippen LogP contribution in [0.3, 0.4) is 0 Å².